The zero-order valence-corrected chi connectivity index (χ0v) is 14.2. The molecule has 1 aromatic carbocycles. The lowest BCUT2D eigenvalue weighted by Crippen LogP contribution is -2.39. The monoisotopic (exact) mass is 333 g/mol. The van der Waals surface area contributed by atoms with Gasteiger partial charge in [0, 0.05) is 18.9 Å². The van der Waals surface area contributed by atoms with E-state index in [1.54, 1.807) is 6.20 Å². The van der Waals surface area contributed by atoms with E-state index in [9.17, 15) is 8.42 Å². The summed E-state index contributed by atoms with van der Waals surface area (Å²) in [5, 5.41) is 4.21. The van der Waals surface area contributed by atoms with Crippen LogP contribution < -0.4 is 4.72 Å². The lowest BCUT2D eigenvalue weighted by Gasteiger charge is -2.37. The summed E-state index contributed by atoms with van der Waals surface area (Å²) in [6.45, 7) is 3.03. The van der Waals surface area contributed by atoms with Crippen LogP contribution in [0.4, 0.5) is 0 Å². The van der Waals surface area contributed by atoms with E-state index in [-0.39, 0.29) is 11.2 Å². The number of nitrogens with one attached hydrogen (secondary N) is 1. The Balaban J connectivity index is 1.66. The summed E-state index contributed by atoms with van der Waals surface area (Å²) >= 11 is 0. The lowest BCUT2D eigenvalue weighted by molar-refractivity contribution is 0.193. The Hall–Kier alpha value is -1.66. The molecule has 1 saturated carbocycles. The normalized spacial score (nSPS) is 16.9. The van der Waals surface area contributed by atoms with Gasteiger partial charge in [0.05, 0.1) is 12.3 Å². The fraction of sp³-hybridized carbons (Fsp3) is 0.471. The number of benzene rings is 1. The van der Waals surface area contributed by atoms with Crippen molar-refractivity contribution in [2.45, 2.75) is 39.3 Å². The van der Waals surface area contributed by atoms with Gasteiger partial charge in [-0.3, -0.25) is 4.68 Å². The second-order valence-electron chi connectivity index (χ2n) is 6.72. The van der Waals surface area contributed by atoms with Crippen molar-refractivity contribution in [3.8, 4) is 0 Å². The number of aromatic nitrogens is 2. The van der Waals surface area contributed by atoms with Crippen LogP contribution in [0.25, 0.3) is 0 Å². The number of nitrogens with zero attached hydrogens (tertiary/aromatic N) is 2. The molecule has 1 aliphatic carbocycles. The molecule has 1 aromatic heterocycles. The number of sulfonamides is 1. The molecule has 0 amide bonds. The highest BCUT2D eigenvalue weighted by atomic mass is 32.2. The molecular formula is C17H23N3O2S. The highest BCUT2D eigenvalue weighted by molar-refractivity contribution is 7.89. The third-order valence-corrected chi connectivity index (χ3v) is 6.25. The van der Waals surface area contributed by atoms with Crippen molar-refractivity contribution >= 4 is 10.0 Å². The maximum Gasteiger partial charge on any atom is 0.212 e. The summed E-state index contributed by atoms with van der Waals surface area (Å²) < 4.78 is 29.2. The molecule has 0 aliphatic heterocycles. The quantitative estimate of drug-likeness (QED) is 0.847. The highest BCUT2D eigenvalue weighted by Gasteiger charge is 2.36. The molecule has 124 valence electrons. The van der Waals surface area contributed by atoms with Gasteiger partial charge in [-0.05, 0) is 35.4 Å². The van der Waals surface area contributed by atoms with E-state index in [4.69, 9.17) is 0 Å². The van der Waals surface area contributed by atoms with Crippen LogP contribution in [0.5, 0.6) is 0 Å². The van der Waals surface area contributed by atoms with Crippen molar-refractivity contribution < 1.29 is 8.42 Å². The van der Waals surface area contributed by atoms with E-state index in [1.165, 1.54) is 0 Å². The number of hydrogen-bond donors (Lipinski definition) is 1. The van der Waals surface area contributed by atoms with Crippen LogP contribution >= 0.6 is 0 Å². The van der Waals surface area contributed by atoms with Crippen LogP contribution in [0.3, 0.4) is 0 Å². The minimum atomic E-state index is -3.25. The molecule has 2 aromatic rings. The van der Waals surface area contributed by atoms with Crippen molar-refractivity contribution in [2.24, 2.45) is 5.41 Å². The molecule has 0 atom stereocenters. The maximum atomic E-state index is 12.3. The SMILES string of the molecule is CC1(CS(=O)(=O)NCc2ccccc2Cn2cccn2)CCC1. The average Bonchev–Trinajstić information content (AvgIpc) is 2.97. The van der Waals surface area contributed by atoms with E-state index in [0.29, 0.717) is 13.1 Å². The fourth-order valence-corrected chi connectivity index (χ4v) is 4.76. The minimum absolute atomic E-state index is 0.0413. The molecule has 5 nitrogen and oxygen atoms in total. The Bertz CT molecular complexity index is 750. The third kappa shape index (κ3) is 4.20. The summed E-state index contributed by atoms with van der Waals surface area (Å²) in [4.78, 5) is 0. The molecule has 0 spiro atoms. The van der Waals surface area contributed by atoms with Crippen LogP contribution in [0.15, 0.2) is 42.7 Å². The van der Waals surface area contributed by atoms with Crippen LogP contribution in [-0.2, 0) is 23.1 Å². The van der Waals surface area contributed by atoms with Gasteiger partial charge < -0.3 is 0 Å². The zero-order valence-electron chi connectivity index (χ0n) is 13.4. The van der Waals surface area contributed by atoms with E-state index in [0.717, 1.165) is 30.4 Å². The van der Waals surface area contributed by atoms with Crippen LogP contribution in [-0.4, -0.2) is 24.0 Å². The summed E-state index contributed by atoms with van der Waals surface area (Å²) in [7, 11) is -3.25. The Labute approximate surface area is 137 Å². The Morgan fingerprint density at radius 1 is 1.22 bits per heavy atom. The summed E-state index contributed by atoms with van der Waals surface area (Å²) in [6.07, 6.45) is 6.79. The van der Waals surface area contributed by atoms with Crippen molar-refractivity contribution in [3.63, 3.8) is 0 Å². The van der Waals surface area contributed by atoms with E-state index < -0.39 is 10.0 Å². The fourth-order valence-electron chi connectivity index (χ4n) is 3.07. The summed E-state index contributed by atoms with van der Waals surface area (Å²) in [5.74, 6) is 0.224. The molecule has 23 heavy (non-hydrogen) atoms. The second kappa shape index (κ2) is 6.45. The maximum absolute atomic E-state index is 12.3. The summed E-state index contributed by atoms with van der Waals surface area (Å²) in [6, 6.07) is 9.76. The van der Waals surface area contributed by atoms with Crippen LogP contribution in [0.1, 0.15) is 37.3 Å². The van der Waals surface area contributed by atoms with Crippen molar-refractivity contribution in [1.82, 2.24) is 14.5 Å². The molecule has 0 radical (unpaired) electrons. The molecule has 1 aliphatic rings. The van der Waals surface area contributed by atoms with Crippen LogP contribution in [0.2, 0.25) is 0 Å². The lowest BCUT2D eigenvalue weighted by atomic mass is 9.72. The van der Waals surface area contributed by atoms with Gasteiger partial charge in [0.15, 0.2) is 0 Å². The topological polar surface area (TPSA) is 64.0 Å². The van der Waals surface area contributed by atoms with Gasteiger partial charge in [-0.25, -0.2) is 13.1 Å². The van der Waals surface area contributed by atoms with E-state index in [1.807, 2.05) is 41.2 Å². The first kappa shape index (κ1) is 16.2. The van der Waals surface area contributed by atoms with Gasteiger partial charge in [-0.1, -0.05) is 37.6 Å². The van der Waals surface area contributed by atoms with Crippen LogP contribution in [0, 0.1) is 5.41 Å². The molecule has 0 bridgehead atoms. The Kier molecular flexibility index (Phi) is 4.55. The highest BCUT2D eigenvalue weighted by Crippen LogP contribution is 2.41. The molecule has 1 N–H and O–H groups in total. The predicted molar refractivity (Wildman–Crippen MR) is 90.4 cm³/mol. The largest absolute Gasteiger partial charge is 0.268 e. The third-order valence-electron chi connectivity index (χ3n) is 4.59. The van der Waals surface area contributed by atoms with Crippen molar-refractivity contribution in [3.05, 3.63) is 53.9 Å². The predicted octanol–water partition coefficient (Wildman–Crippen LogP) is 2.54. The van der Waals surface area contributed by atoms with Gasteiger partial charge >= 0.3 is 0 Å². The van der Waals surface area contributed by atoms with Crippen molar-refractivity contribution in [1.29, 1.82) is 0 Å². The zero-order chi connectivity index (χ0) is 16.3. The molecule has 1 fully saturated rings. The van der Waals surface area contributed by atoms with E-state index >= 15 is 0 Å². The molecular weight excluding hydrogens is 310 g/mol. The molecule has 6 heteroatoms. The van der Waals surface area contributed by atoms with E-state index in [2.05, 4.69) is 16.7 Å². The standard InChI is InChI=1S/C17H23N3O2S/c1-17(8-4-9-17)14-23(21,22)19-12-15-6-2-3-7-16(15)13-20-11-5-10-18-20/h2-3,5-7,10-11,19H,4,8-9,12-14H2,1H3. The van der Waals surface area contributed by atoms with Crippen molar-refractivity contribution in [2.75, 3.05) is 5.75 Å². The Morgan fingerprint density at radius 2 is 1.96 bits per heavy atom. The molecule has 0 saturated heterocycles. The summed E-state index contributed by atoms with van der Waals surface area (Å²) in [5.41, 5.74) is 2.03. The van der Waals surface area contributed by atoms with Gasteiger partial charge in [-0.2, -0.15) is 5.10 Å². The van der Waals surface area contributed by atoms with Gasteiger partial charge in [0.1, 0.15) is 0 Å². The Morgan fingerprint density at radius 3 is 2.57 bits per heavy atom. The van der Waals surface area contributed by atoms with Gasteiger partial charge in [0.25, 0.3) is 0 Å². The second-order valence-corrected chi connectivity index (χ2v) is 8.52. The number of rotatable bonds is 7. The first-order valence-electron chi connectivity index (χ1n) is 7.97. The molecule has 3 rings (SSSR count). The number of hydrogen-bond acceptors (Lipinski definition) is 3. The smallest absolute Gasteiger partial charge is 0.212 e. The average molecular weight is 333 g/mol. The first-order chi connectivity index (χ1) is 11.0. The first-order valence-corrected chi connectivity index (χ1v) is 9.63. The van der Waals surface area contributed by atoms with Gasteiger partial charge in [-0.15, -0.1) is 0 Å². The minimum Gasteiger partial charge on any atom is -0.268 e. The van der Waals surface area contributed by atoms with Gasteiger partial charge in [0.2, 0.25) is 10.0 Å². The molecule has 0 unspecified atom stereocenters. The molecule has 1 heterocycles.